The van der Waals surface area contributed by atoms with Crippen molar-refractivity contribution in [3.8, 4) is 0 Å². The Hall–Kier alpha value is -0.790. The molecule has 1 nitrogen and oxygen atoms in total. The van der Waals surface area contributed by atoms with Gasteiger partial charge in [-0.3, -0.25) is 0 Å². The molecule has 14 heavy (non-hydrogen) atoms. The molecule has 0 aliphatic carbocycles. The second-order valence-electron chi connectivity index (χ2n) is 3.24. The van der Waals surface area contributed by atoms with E-state index < -0.39 is 0 Å². The maximum atomic E-state index is 5.90. The highest BCUT2D eigenvalue weighted by Gasteiger charge is 1.94. The normalized spacial score (nSPS) is 11.8. The predicted octanol–water partition coefficient (Wildman–Crippen LogP) is 3.35. The van der Waals surface area contributed by atoms with Crippen molar-refractivity contribution in [2.45, 2.75) is 13.3 Å². The van der Waals surface area contributed by atoms with E-state index >= 15 is 0 Å². The van der Waals surface area contributed by atoms with E-state index in [9.17, 15) is 0 Å². The topological polar surface area (TPSA) is 12.0 Å². The second kappa shape index (κ2) is 5.84. The molecule has 0 heterocycles. The molecule has 0 saturated heterocycles. The molecule has 1 aromatic carbocycles. The average molecular weight is 210 g/mol. The average Bonchev–Trinajstić information content (AvgIpc) is 2.17. The summed E-state index contributed by atoms with van der Waals surface area (Å²) in [6.45, 7) is 3.09. The van der Waals surface area contributed by atoms with Crippen LogP contribution >= 0.6 is 11.6 Å². The first-order chi connectivity index (χ1) is 6.76. The minimum atomic E-state index is 0.790. The molecule has 0 aromatic heterocycles. The van der Waals surface area contributed by atoms with Gasteiger partial charge >= 0.3 is 0 Å². The summed E-state index contributed by atoms with van der Waals surface area (Å²) in [7, 11) is 1.96. The van der Waals surface area contributed by atoms with Gasteiger partial charge in [-0.15, -0.1) is 0 Å². The highest BCUT2D eigenvalue weighted by atomic mass is 35.5. The SMILES string of the molecule is CCC(=Cc1cccc(Cl)c1)CNC. The van der Waals surface area contributed by atoms with Crippen LogP contribution in [0.4, 0.5) is 0 Å². The predicted molar refractivity (Wildman–Crippen MR) is 63.6 cm³/mol. The molecule has 1 rings (SSSR count). The van der Waals surface area contributed by atoms with Gasteiger partial charge in [0.15, 0.2) is 0 Å². The van der Waals surface area contributed by atoms with E-state index in [-0.39, 0.29) is 0 Å². The lowest BCUT2D eigenvalue weighted by molar-refractivity contribution is 0.851. The summed E-state index contributed by atoms with van der Waals surface area (Å²) in [5.74, 6) is 0. The number of likely N-dealkylation sites (N-methyl/N-ethyl adjacent to an activating group) is 1. The van der Waals surface area contributed by atoms with Crippen LogP contribution in [0.1, 0.15) is 18.9 Å². The summed E-state index contributed by atoms with van der Waals surface area (Å²) in [6.07, 6.45) is 3.25. The summed E-state index contributed by atoms with van der Waals surface area (Å²) in [5.41, 5.74) is 2.55. The van der Waals surface area contributed by atoms with Crippen LogP contribution in [0.15, 0.2) is 29.8 Å². The van der Waals surface area contributed by atoms with Crippen LogP contribution in [0.5, 0.6) is 0 Å². The zero-order chi connectivity index (χ0) is 10.4. The number of benzene rings is 1. The van der Waals surface area contributed by atoms with E-state index in [1.165, 1.54) is 11.1 Å². The van der Waals surface area contributed by atoms with E-state index in [1.807, 2.05) is 25.2 Å². The minimum Gasteiger partial charge on any atom is -0.316 e. The fraction of sp³-hybridized carbons (Fsp3) is 0.333. The molecular formula is C12H16ClN. The Balaban J connectivity index is 2.83. The summed E-state index contributed by atoms with van der Waals surface area (Å²) in [6, 6.07) is 7.91. The molecule has 2 heteroatoms. The van der Waals surface area contributed by atoms with Crippen molar-refractivity contribution in [2.75, 3.05) is 13.6 Å². The van der Waals surface area contributed by atoms with Crippen molar-refractivity contribution in [3.05, 3.63) is 40.4 Å². The zero-order valence-corrected chi connectivity index (χ0v) is 9.43. The van der Waals surface area contributed by atoms with Gasteiger partial charge < -0.3 is 5.32 Å². The van der Waals surface area contributed by atoms with Gasteiger partial charge in [0, 0.05) is 11.6 Å². The lowest BCUT2D eigenvalue weighted by Crippen LogP contribution is -2.09. The van der Waals surface area contributed by atoms with Crippen LogP contribution in [-0.2, 0) is 0 Å². The lowest BCUT2D eigenvalue weighted by atomic mass is 10.1. The molecule has 1 N–H and O–H groups in total. The van der Waals surface area contributed by atoms with Gasteiger partial charge in [0.05, 0.1) is 0 Å². The third kappa shape index (κ3) is 3.52. The minimum absolute atomic E-state index is 0.790. The Labute approximate surface area is 90.8 Å². The zero-order valence-electron chi connectivity index (χ0n) is 8.68. The first-order valence-corrected chi connectivity index (χ1v) is 5.23. The molecule has 0 aliphatic rings. The Bertz CT molecular complexity index is 318. The summed E-state index contributed by atoms with van der Waals surface area (Å²) < 4.78 is 0. The highest BCUT2D eigenvalue weighted by Crippen LogP contribution is 2.14. The fourth-order valence-corrected chi connectivity index (χ4v) is 1.54. The molecule has 1 aromatic rings. The number of hydrogen-bond donors (Lipinski definition) is 1. The van der Waals surface area contributed by atoms with Crippen molar-refractivity contribution in [1.82, 2.24) is 5.32 Å². The first-order valence-electron chi connectivity index (χ1n) is 4.86. The van der Waals surface area contributed by atoms with E-state index in [2.05, 4.69) is 24.4 Å². The Morgan fingerprint density at radius 2 is 2.29 bits per heavy atom. The Kier molecular flexibility index (Phi) is 4.71. The van der Waals surface area contributed by atoms with Gasteiger partial charge in [-0.2, -0.15) is 0 Å². The quantitative estimate of drug-likeness (QED) is 0.802. The Morgan fingerprint density at radius 3 is 2.86 bits per heavy atom. The number of hydrogen-bond acceptors (Lipinski definition) is 1. The molecule has 0 atom stereocenters. The first kappa shape index (κ1) is 11.3. The summed E-state index contributed by atoms with van der Waals surface area (Å²) >= 11 is 5.90. The van der Waals surface area contributed by atoms with E-state index in [0.717, 1.165) is 18.0 Å². The highest BCUT2D eigenvalue weighted by molar-refractivity contribution is 6.30. The van der Waals surface area contributed by atoms with Gasteiger partial charge in [-0.25, -0.2) is 0 Å². The largest absolute Gasteiger partial charge is 0.316 e. The van der Waals surface area contributed by atoms with Crippen molar-refractivity contribution < 1.29 is 0 Å². The van der Waals surface area contributed by atoms with E-state index in [0.29, 0.717) is 0 Å². The lowest BCUT2D eigenvalue weighted by Gasteiger charge is -2.03. The standard InChI is InChI=1S/C12H16ClN/c1-3-10(9-14-2)7-11-5-4-6-12(13)8-11/h4-8,14H,3,9H2,1-2H3. The van der Waals surface area contributed by atoms with E-state index in [1.54, 1.807) is 0 Å². The van der Waals surface area contributed by atoms with Gasteiger partial charge in [0.2, 0.25) is 0 Å². The van der Waals surface area contributed by atoms with Crippen molar-refractivity contribution in [1.29, 1.82) is 0 Å². The van der Waals surface area contributed by atoms with Gasteiger partial charge in [-0.05, 0) is 31.2 Å². The van der Waals surface area contributed by atoms with Gasteiger partial charge in [0.25, 0.3) is 0 Å². The molecule has 0 amide bonds. The number of nitrogens with one attached hydrogen (secondary N) is 1. The third-order valence-electron chi connectivity index (χ3n) is 2.08. The molecular weight excluding hydrogens is 194 g/mol. The molecule has 0 aliphatic heterocycles. The van der Waals surface area contributed by atoms with Gasteiger partial charge in [-0.1, -0.05) is 42.3 Å². The third-order valence-corrected chi connectivity index (χ3v) is 2.31. The van der Waals surface area contributed by atoms with Crippen LogP contribution in [0.3, 0.4) is 0 Å². The van der Waals surface area contributed by atoms with Crippen LogP contribution < -0.4 is 5.32 Å². The fourth-order valence-electron chi connectivity index (χ4n) is 1.34. The molecule has 0 unspecified atom stereocenters. The van der Waals surface area contributed by atoms with Crippen LogP contribution in [0.2, 0.25) is 5.02 Å². The van der Waals surface area contributed by atoms with Crippen molar-refractivity contribution >= 4 is 17.7 Å². The van der Waals surface area contributed by atoms with Crippen LogP contribution in [0.25, 0.3) is 6.08 Å². The molecule has 76 valence electrons. The summed E-state index contributed by atoms with van der Waals surface area (Å²) in [4.78, 5) is 0. The molecule has 0 saturated carbocycles. The number of rotatable bonds is 4. The van der Waals surface area contributed by atoms with Gasteiger partial charge in [0.1, 0.15) is 0 Å². The van der Waals surface area contributed by atoms with Crippen LogP contribution in [-0.4, -0.2) is 13.6 Å². The maximum Gasteiger partial charge on any atom is 0.0411 e. The monoisotopic (exact) mass is 209 g/mol. The molecule has 0 bridgehead atoms. The molecule has 0 spiro atoms. The summed E-state index contributed by atoms with van der Waals surface area (Å²) in [5, 5.41) is 3.94. The van der Waals surface area contributed by atoms with Crippen molar-refractivity contribution in [2.24, 2.45) is 0 Å². The molecule has 0 radical (unpaired) electrons. The smallest absolute Gasteiger partial charge is 0.0411 e. The second-order valence-corrected chi connectivity index (χ2v) is 3.68. The molecule has 0 fully saturated rings. The van der Waals surface area contributed by atoms with Crippen molar-refractivity contribution in [3.63, 3.8) is 0 Å². The van der Waals surface area contributed by atoms with Crippen LogP contribution in [0, 0.1) is 0 Å². The Morgan fingerprint density at radius 1 is 1.50 bits per heavy atom. The number of halogens is 1. The van der Waals surface area contributed by atoms with E-state index in [4.69, 9.17) is 11.6 Å². The maximum absolute atomic E-state index is 5.90.